The van der Waals surface area contributed by atoms with Crippen LogP contribution in [0.4, 0.5) is 9.52 Å². The van der Waals surface area contributed by atoms with Crippen LogP contribution in [0.3, 0.4) is 0 Å². The van der Waals surface area contributed by atoms with Crippen LogP contribution in [0, 0.1) is 18.7 Å². The first kappa shape index (κ1) is 31.4. The van der Waals surface area contributed by atoms with Crippen LogP contribution in [0.2, 0.25) is 0 Å². The van der Waals surface area contributed by atoms with Crippen LogP contribution in [0.15, 0.2) is 60.7 Å². The number of carbonyl (C=O) groups is 3. The Hall–Kier alpha value is -4.51. The van der Waals surface area contributed by atoms with Crippen molar-refractivity contribution in [3.8, 4) is 11.5 Å². The van der Waals surface area contributed by atoms with Crippen molar-refractivity contribution in [2.24, 2.45) is 5.92 Å². The number of anilines is 1. The average Bonchev–Trinajstić information content (AvgIpc) is 3.48. The monoisotopic (exact) mass is 608 g/mol. The lowest BCUT2D eigenvalue weighted by molar-refractivity contribution is -0.132. The Morgan fingerprint density at radius 2 is 1.88 bits per heavy atom. The molecule has 0 aliphatic carbocycles. The molecule has 1 aliphatic heterocycles. The molecule has 0 saturated carbocycles. The van der Waals surface area contributed by atoms with Crippen molar-refractivity contribution in [1.29, 1.82) is 0 Å². The third-order valence-corrected chi connectivity index (χ3v) is 7.74. The lowest BCUT2D eigenvalue weighted by Crippen LogP contribution is -2.29. The number of benzene rings is 2. The molecule has 2 heterocycles. The molecule has 226 valence electrons. The molecule has 1 saturated heterocycles. The smallest absolute Gasteiger partial charge is 0.350 e. The van der Waals surface area contributed by atoms with E-state index in [1.807, 2.05) is 6.92 Å². The third-order valence-electron chi connectivity index (χ3n) is 6.61. The van der Waals surface area contributed by atoms with Crippen LogP contribution in [0.1, 0.15) is 59.7 Å². The standard InChI is InChI=1S/C32H33FN2O7S/c1-6-15-42-31(39)29-19(5)34-32(43-29)35-26(21-10-13-23(24(17-21)40-7-2)41-16-14-18(3)4)25(28(37)30(35)38)27(36)20-8-11-22(33)12-9-20/h6,8-13,17-18,26,36H,1,7,14-16H2,2-5H3. The molecule has 1 aliphatic rings. The molecule has 0 radical (unpaired) electrons. The number of halogens is 1. The topological polar surface area (TPSA) is 115 Å². The number of aliphatic hydroxyl groups is 1. The fourth-order valence-corrected chi connectivity index (χ4v) is 5.46. The highest BCUT2D eigenvalue weighted by molar-refractivity contribution is 7.17. The van der Waals surface area contributed by atoms with Gasteiger partial charge in [-0.25, -0.2) is 14.2 Å². The van der Waals surface area contributed by atoms with Gasteiger partial charge in [-0.3, -0.25) is 14.5 Å². The van der Waals surface area contributed by atoms with Gasteiger partial charge in [0.2, 0.25) is 0 Å². The summed E-state index contributed by atoms with van der Waals surface area (Å²) in [5.74, 6) is -2.28. The number of esters is 1. The average molecular weight is 609 g/mol. The number of Topliss-reactive ketones (excluding diaryl/α,β-unsaturated/α-hetero) is 1. The van der Waals surface area contributed by atoms with Gasteiger partial charge in [0.1, 0.15) is 23.1 Å². The molecule has 1 N–H and O–H groups in total. The molecule has 11 heteroatoms. The molecule has 4 rings (SSSR count). The second-order valence-corrected chi connectivity index (χ2v) is 11.1. The van der Waals surface area contributed by atoms with Crippen LogP contribution in [0.25, 0.3) is 5.76 Å². The fraction of sp³-hybridized carbons (Fsp3) is 0.312. The Bertz CT molecular complexity index is 1560. The molecule has 1 unspecified atom stereocenters. The number of thiazole rings is 1. The van der Waals surface area contributed by atoms with E-state index >= 15 is 0 Å². The third kappa shape index (κ3) is 6.77. The summed E-state index contributed by atoms with van der Waals surface area (Å²) < 4.78 is 30.6. The molecule has 0 spiro atoms. The molecule has 1 aromatic heterocycles. The maximum absolute atomic E-state index is 13.7. The summed E-state index contributed by atoms with van der Waals surface area (Å²) in [6.07, 6.45) is 2.25. The van der Waals surface area contributed by atoms with Crippen molar-refractivity contribution in [3.63, 3.8) is 0 Å². The van der Waals surface area contributed by atoms with Crippen LogP contribution < -0.4 is 14.4 Å². The largest absolute Gasteiger partial charge is 0.507 e. The minimum absolute atomic E-state index is 0.0144. The molecular formula is C32H33FN2O7S. The number of ketones is 1. The molecule has 1 atom stereocenters. The zero-order chi connectivity index (χ0) is 31.3. The summed E-state index contributed by atoms with van der Waals surface area (Å²) in [6.45, 7) is 11.9. The highest BCUT2D eigenvalue weighted by Gasteiger charge is 2.48. The van der Waals surface area contributed by atoms with E-state index in [-0.39, 0.29) is 27.8 Å². The summed E-state index contributed by atoms with van der Waals surface area (Å²) in [5, 5.41) is 11.4. The van der Waals surface area contributed by atoms with Gasteiger partial charge in [0.05, 0.1) is 30.5 Å². The number of rotatable bonds is 12. The number of aromatic nitrogens is 1. The van der Waals surface area contributed by atoms with Crippen molar-refractivity contribution < 1.29 is 38.1 Å². The first-order chi connectivity index (χ1) is 20.6. The van der Waals surface area contributed by atoms with Gasteiger partial charge in [-0.2, -0.15) is 0 Å². The molecule has 43 heavy (non-hydrogen) atoms. The Kier molecular flexibility index (Phi) is 9.97. The van der Waals surface area contributed by atoms with E-state index in [4.69, 9.17) is 14.2 Å². The van der Waals surface area contributed by atoms with Crippen molar-refractivity contribution in [2.75, 3.05) is 24.7 Å². The molecule has 3 aromatic rings. The van der Waals surface area contributed by atoms with Gasteiger partial charge in [0, 0.05) is 5.56 Å². The lowest BCUT2D eigenvalue weighted by atomic mass is 9.95. The number of nitrogens with zero attached hydrogens (tertiary/aromatic N) is 2. The van der Waals surface area contributed by atoms with Crippen LogP contribution in [-0.4, -0.2) is 47.6 Å². The van der Waals surface area contributed by atoms with E-state index in [1.165, 1.54) is 18.2 Å². The van der Waals surface area contributed by atoms with Gasteiger partial charge in [0.25, 0.3) is 5.78 Å². The van der Waals surface area contributed by atoms with E-state index in [1.54, 1.807) is 25.1 Å². The number of aryl methyl sites for hydroxylation is 1. The fourth-order valence-electron chi connectivity index (χ4n) is 4.47. The quantitative estimate of drug-likeness (QED) is 0.0828. The predicted molar refractivity (Wildman–Crippen MR) is 161 cm³/mol. The van der Waals surface area contributed by atoms with E-state index in [2.05, 4.69) is 25.4 Å². The second-order valence-electron chi connectivity index (χ2n) is 10.1. The number of hydrogen-bond acceptors (Lipinski definition) is 9. The minimum Gasteiger partial charge on any atom is -0.507 e. The number of carbonyl (C=O) groups excluding carboxylic acids is 3. The lowest BCUT2D eigenvalue weighted by Gasteiger charge is -2.24. The van der Waals surface area contributed by atoms with Crippen molar-refractivity contribution >= 4 is 39.9 Å². The van der Waals surface area contributed by atoms with Gasteiger partial charge >= 0.3 is 11.9 Å². The molecular weight excluding hydrogens is 575 g/mol. The van der Waals surface area contributed by atoms with E-state index in [9.17, 15) is 23.9 Å². The highest BCUT2D eigenvalue weighted by atomic mass is 32.1. The maximum atomic E-state index is 13.7. The van der Waals surface area contributed by atoms with Crippen molar-refractivity contribution in [1.82, 2.24) is 4.98 Å². The predicted octanol–water partition coefficient (Wildman–Crippen LogP) is 6.38. The zero-order valence-corrected chi connectivity index (χ0v) is 25.2. The SMILES string of the molecule is C=CCOC(=O)c1sc(N2C(=O)C(=O)C(=C(O)c3ccc(F)cc3)C2c2ccc(OCCC(C)C)c(OCC)c2)nc1C. The van der Waals surface area contributed by atoms with E-state index < -0.39 is 35.3 Å². The minimum atomic E-state index is -1.16. The maximum Gasteiger partial charge on any atom is 0.350 e. The first-order valence-electron chi connectivity index (χ1n) is 13.8. The summed E-state index contributed by atoms with van der Waals surface area (Å²) in [4.78, 5) is 45.5. The van der Waals surface area contributed by atoms with Crippen molar-refractivity contribution in [2.45, 2.75) is 40.2 Å². The number of amides is 1. The van der Waals surface area contributed by atoms with E-state index in [0.29, 0.717) is 41.9 Å². The summed E-state index contributed by atoms with van der Waals surface area (Å²) >= 11 is 0.886. The van der Waals surface area contributed by atoms with E-state index in [0.717, 1.165) is 34.8 Å². The molecule has 1 amide bonds. The first-order valence-corrected chi connectivity index (χ1v) is 14.6. The van der Waals surface area contributed by atoms with Gasteiger partial charge in [0.15, 0.2) is 16.6 Å². The summed E-state index contributed by atoms with van der Waals surface area (Å²) in [5.41, 5.74) is 0.645. The van der Waals surface area contributed by atoms with Gasteiger partial charge in [-0.05, 0) is 68.1 Å². The van der Waals surface area contributed by atoms with Crippen LogP contribution >= 0.6 is 11.3 Å². The Labute approximate surface area is 253 Å². The molecule has 9 nitrogen and oxygen atoms in total. The molecule has 2 aromatic carbocycles. The zero-order valence-electron chi connectivity index (χ0n) is 24.4. The van der Waals surface area contributed by atoms with Crippen molar-refractivity contribution in [3.05, 3.63) is 88.2 Å². The number of aliphatic hydroxyl groups excluding tert-OH is 1. The molecule has 0 bridgehead atoms. The van der Waals surface area contributed by atoms with Crippen LogP contribution in [-0.2, 0) is 14.3 Å². The Balaban J connectivity index is 1.87. The Morgan fingerprint density at radius 1 is 1.16 bits per heavy atom. The number of hydrogen-bond donors (Lipinski definition) is 1. The summed E-state index contributed by atoms with van der Waals surface area (Å²) in [7, 11) is 0. The van der Waals surface area contributed by atoms with Gasteiger partial charge in [-0.15, -0.1) is 0 Å². The normalized spacial score (nSPS) is 16.0. The molecule has 1 fully saturated rings. The van der Waals surface area contributed by atoms with Crippen LogP contribution in [0.5, 0.6) is 11.5 Å². The number of ether oxygens (including phenoxy) is 3. The van der Waals surface area contributed by atoms with Gasteiger partial charge < -0.3 is 19.3 Å². The Morgan fingerprint density at radius 3 is 2.53 bits per heavy atom. The van der Waals surface area contributed by atoms with Gasteiger partial charge in [-0.1, -0.05) is 43.9 Å². The second kappa shape index (κ2) is 13.6. The summed E-state index contributed by atoms with van der Waals surface area (Å²) in [6, 6.07) is 8.76. The highest BCUT2D eigenvalue weighted by Crippen LogP contribution is 2.45.